The van der Waals surface area contributed by atoms with Crippen molar-refractivity contribution in [1.29, 1.82) is 5.26 Å². The summed E-state index contributed by atoms with van der Waals surface area (Å²) in [6, 6.07) is 9.81. The monoisotopic (exact) mass is 269 g/mol. The van der Waals surface area contributed by atoms with Gasteiger partial charge in [-0.15, -0.1) is 0 Å². The fraction of sp³-hybridized carbons (Fsp3) is 0.500. The number of piperazine rings is 1. The van der Waals surface area contributed by atoms with E-state index < -0.39 is 0 Å². The molecule has 3 rings (SSSR count). The second kappa shape index (κ2) is 5.54. The first kappa shape index (κ1) is 13.0. The quantitative estimate of drug-likeness (QED) is 0.825. The number of anilines is 1. The highest BCUT2D eigenvalue weighted by molar-refractivity contribution is 5.79. The van der Waals surface area contributed by atoms with E-state index in [4.69, 9.17) is 5.26 Å². The zero-order chi connectivity index (χ0) is 13.9. The molecule has 4 heteroatoms. The van der Waals surface area contributed by atoms with E-state index in [1.807, 2.05) is 29.2 Å². The molecule has 0 atom stereocenters. The molecular weight excluding hydrogens is 250 g/mol. The number of carbonyl (C=O) groups excluding carboxylic acids is 1. The third-order valence-corrected chi connectivity index (χ3v) is 4.41. The van der Waals surface area contributed by atoms with E-state index in [1.165, 1.54) is 6.42 Å². The van der Waals surface area contributed by atoms with Crippen molar-refractivity contribution in [2.45, 2.75) is 19.3 Å². The summed E-state index contributed by atoms with van der Waals surface area (Å²) in [6.45, 7) is 3.39. The maximum Gasteiger partial charge on any atom is 0.225 e. The molecule has 0 spiro atoms. The molecule has 0 bridgehead atoms. The number of benzene rings is 1. The Morgan fingerprint density at radius 1 is 1.10 bits per heavy atom. The largest absolute Gasteiger partial charge is 0.368 e. The van der Waals surface area contributed by atoms with Crippen LogP contribution in [0.5, 0.6) is 0 Å². The zero-order valence-electron chi connectivity index (χ0n) is 11.6. The summed E-state index contributed by atoms with van der Waals surface area (Å²) in [7, 11) is 0. The molecular formula is C16H19N3O. The van der Waals surface area contributed by atoms with Crippen molar-refractivity contribution in [1.82, 2.24) is 4.90 Å². The molecule has 2 fully saturated rings. The van der Waals surface area contributed by atoms with Crippen LogP contribution in [0.4, 0.5) is 5.69 Å². The fourth-order valence-corrected chi connectivity index (χ4v) is 2.85. The first-order valence-electron chi connectivity index (χ1n) is 7.32. The van der Waals surface area contributed by atoms with E-state index in [0.29, 0.717) is 17.4 Å². The predicted molar refractivity (Wildman–Crippen MR) is 77.3 cm³/mol. The molecule has 1 heterocycles. The minimum Gasteiger partial charge on any atom is -0.368 e. The van der Waals surface area contributed by atoms with Gasteiger partial charge in [-0.1, -0.05) is 6.42 Å². The van der Waals surface area contributed by atoms with E-state index in [0.717, 1.165) is 44.7 Å². The van der Waals surface area contributed by atoms with Crippen molar-refractivity contribution in [2.24, 2.45) is 5.92 Å². The fourth-order valence-electron chi connectivity index (χ4n) is 2.85. The lowest BCUT2D eigenvalue weighted by molar-refractivity contribution is -0.138. The smallest absolute Gasteiger partial charge is 0.225 e. The first-order valence-corrected chi connectivity index (χ1v) is 7.32. The lowest BCUT2D eigenvalue weighted by Gasteiger charge is -2.39. The van der Waals surface area contributed by atoms with Crippen LogP contribution in [-0.4, -0.2) is 37.0 Å². The Kier molecular flexibility index (Phi) is 3.60. The van der Waals surface area contributed by atoms with Crippen LogP contribution in [0, 0.1) is 17.2 Å². The van der Waals surface area contributed by atoms with Crippen LogP contribution >= 0.6 is 0 Å². The summed E-state index contributed by atoms with van der Waals surface area (Å²) in [6.07, 6.45) is 3.37. The van der Waals surface area contributed by atoms with Gasteiger partial charge in [-0.25, -0.2) is 0 Å². The molecule has 0 radical (unpaired) electrons. The molecule has 0 N–H and O–H groups in total. The maximum absolute atomic E-state index is 12.2. The molecule has 1 aromatic rings. The zero-order valence-corrected chi connectivity index (χ0v) is 11.6. The Balaban J connectivity index is 1.57. The SMILES string of the molecule is N#Cc1ccc(N2CCN(C(=O)C3CCC3)CC2)cc1. The van der Waals surface area contributed by atoms with Crippen molar-refractivity contribution < 1.29 is 4.79 Å². The van der Waals surface area contributed by atoms with Gasteiger partial charge < -0.3 is 9.80 Å². The van der Waals surface area contributed by atoms with Crippen LogP contribution in [-0.2, 0) is 4.79 Å². The Labute approximate surface area is 119 Å². The van der Waals surface area contributed by atoms with Crippen molar-refractivity contribution in [2.75, 3.05) is 31.1 Å². The molecule has 1 saturated heterocycles. The van der Waals surface area contributed by atoms with Crippen LogP contribution in [0.15, 0.2) is 24.3 Å². The third kappa shape index (κ3) is 2.49. The van der Waals surface area contributed by atoms with Gasteiger partial charge in [0.25, 0.3) is 0 Å². The summed E-state index contributed by atoms with van der Waals surface area (Å²) in [5.74, 6) is 0.659. The minimum atomic E-state index is 0.302. The first-order chi connectivity index (χ1) is 9.78. The van der Waals surface area contributed by atoms with E-state index in [-0.39, 0.29) is 0 Å². The highest BCUT2D eigenvalue weighted by atomic mass is 16.2. The van der Waals surface area contributed by atoms with E-state index in [1.54, 1.807) is 0 Å². The minimum absolute atomic E-state index is 0.302. The van der Waals surface area contributed by atoms with Gasteiger partial charge in [0.15, 0.2) is 0 Å². The van der Waals surface area contributed by atoms with Gasteiger partial charge in [-0.05, 0) is 37.1 Å². The number of amides is 1. The molecule has 0 aromatic heterocycles. The number of carbonyl (C=O) groups is 1. The van der Waals surface area contributed by atoms with Gasteiger partial charge in [-0.3, -0.25) is 4.79 Å². The average Bonchev–Trinajstić information content (AvgIpc) is 2.46. The van der Waals surface area contributed by atoms with Crippen LogP contribution in [0.1, 0.15) is 24.8 Å². The van der Waals surface area contributed by atoms with Crippen LogP contribution in [0.25, 0.3) is 0 Å². The standard InChI is InChI=1S/C16H19N3O/c17-12-13-4-6-15(7-5-13)18-8-10-19(11-9-18)16(20)14-2-1-3-14/h4-7,14H,1-3,8-11H2. The topological polar surface area (TPSA) is 47.3 Å². The van der Waals surface area contributed by atoms with E-state index >= 15 is 0 Å². The van der Waals surface area contributed by atoms with Crippen LogP contribution < -0.4 is 4.90 Å². The Morgan fingerprint density at radius 2 is 1.75 bits per heavy atom. The van der Waals surface area contributed by atoms with Gasteiger partial charge in [0, 0.05) is 37.8 Å². The van der Waals surface area contributed by atoms with Crippen molar-refractivity contribution in [3.8, 4) is 6.07 Å². The Morgan fingerprint density at radius 3 is 2.25 bits per heavy atom. The highest BCUT2D eigenvalue weighted by Gasteiger charge is 2.31. The average molecular weight is 269 g/mol. The molecule has 2 aliphatic rings. The highest BCUT2D eigenvalue weighted by Crippen LogP contribution is 2.29. The van der Waals surface area contributed by atoms with Gasteiger partial charge in [0.1, 0.15) is 0 Å². The maximum atomic E-state index is 12.2. The number of rotatable bonds is 2. The van der Waals surface area contributed by atoms with Crippen LogP contribution in [0.3, 0.4) is 0 Å². The van der Waals surface area contributed by atoms with Crippen molar-refractivity contribution in [3.05, 3.63) is 29.8 Å². The predicted octanol–water partition coefficient (Wildman–Crippen LogP) is 2.01. The Bertz CT molecular complexity index is 520. The van der Waals surface area contributed by atoms with E-state index in [2.05, 4.69) is 11.0 Å². The van der Waals surface area contributed by atoms with E-state index in [9.17, 15) is 4.79 Å². The molecule has 1 aliphatic heterocycles. The number of hydrogen-bond donors (Lipinski definition) is 0. The second-order valence-electron chi connectivity index (χ2n) is 5.60. The van der Waals surface area contributed by atoms with Gasteiger partial charge in [-0.2, -0.15) is 5.26 Å². The molecule has 1 aromatic carbocycles. The second-order valence-corrected chi connectivity index (χ2v) is 5.60. The molecule has 104 valence electrons. The summed E-state index contributed by atoms with van der Waals surface area (Å²) in [5, 5.41) is 8.81. The molecule has 1 saturated carbocycles. The molecule has 20 heavy (non-hydrogen) atoms. The number of nitriles is 1. The number of hydrogen-bond acceptors (Lipinski definition) is 3. The normalized spacial score (nSPS) is 19.4. The molecule has 1 aliphatic carbocycles. The van der Waals surface area contributed by atoms with Crippen LogP contribution in [0.2, 0.25) is 0 Å². The number of nitrogens with zero attached hydrogens (tertiary/aromatic N) is 3. The summed E-state index contributed by atoms with van der Waals surface area (Å²) in [5.41, 5.74) is 1.83. The van der Waals surface area contributed by atoms with Gasteiger partial charge >= 0.3 is 0 Å². The van der Waals surface area contributed by atoms with Crippen molar-refractivity contribution >= 4 is 11.6 Å². The third-order valence-electron chi connectivity index (χ3n) is 4.41. The molecule has 1 amide bonds. The summed E-state index contributed by atoms with van der Waals surface area (Å²) in [4.78, 5) is 16.5. The van der Waals surface area contributed by atoms with Gasteiger partial charge in [0.2, 0.25) is 5.91 Å². The Hall–Kier alpha value is -2.02. The molecule has 4 nitrogen and oxygen atoms in total. The lowest BCUT2D eigenvalue weighted by Crippen LogP contribution is -2.51. The van der Waals surface area contributed by atoms with Crippen molar-refractivity contribution in [3.63, 3.8) is 0 Å². The van der Waals surface area contributed by atoms with Gasteiger partial charge in [0.05, 0.1) is 11.6 Å². The summed E-state index contributed by atoms with van der Waals surface area (Å²) >= 11 is 0. The molecule has 0 unspecified atom stereocenters. The summed E-state index contributed by atoms with van der Waals surface area (Å²) < 4.78 is 0. The lowest BCUT2D eigenvalue weighted by atomic mass is 9.84.